The van der Waals surface area contributed by atoms with Crippen molar-refractivity contribution in [3.63, 3.8) is 0 Å². The molecule has 0 spiro atoms. The number of hydrogen-bond donors (Lipinski definition) is 1. The average molecular weight is 319 g/mol. The molecule has 2 heterocycles. The highest BCUT2D eigenvalue weighted by molar-refractivity contribution is 6.33. The highest BCUT2D eigenvalue weighted by atomic mass is 35.5. The molecule has 0 amide bonds. The van der Waals surface area contributed by atoms with Crippen LogP contribution in [0.4, 0.5) is 13.2 Å². The van der Waals surface area contributed by atoms with Gasteiger partial charge in [0.25, 0.3) is 0 Å². The molecule has 0 bridgehead atoms. The van der Waals surface area contributed by atoms with Gasteiger partial charge in [-0.2, -0.15) is 13.2 Å². The Bertz CT molecular complexity index is 670. The Balaban J connectivity index is 2.06. The van der Waals surface area contributed by atoms with Crippen molar-refractivity contribution in [3.8, 4) is 0 Å². The lowest BCUT2D eigenvalue weighted by Gasteiger charge is -2.40. The number of fused-ring (bicyclic) bond motifs is 1. The van der Waals surface area contributed by atoms with Crippen LogP contribution in [0.15, 0.2) is 12.3 Å². The molecule has 4 nitrogen and oxygen atoms in total. The number of alkyl halides is 3. The molecule has 0 aliphatic heterocycles. The molecule has 2 N–H and O–H groups in total. The van der Waals surface area contributed by atoms with Crippen molar-refractivity contribution < 1.29 is 13.2 Å². The summed E-state index contributed by atoms with van der Waals surface area (Å²) in [4.78, 5) is 0. The summed E-state index contributed by atoms with van der Waals surface area (Å²) in [5, 5.41) is 7.83. The van der Waals surface area contributed by atoms with E-state index in [9.17, 15) is 13.2 Å². The summed E-state index contributed by atoms with van der Waals surface area (Å²) in [6, 6.07) is 0.872. The SMILES string of the molecule is NCC1(Cc2nnc3c(Cl)cc(C(F)(F)F)cn23)CCC1. The Labute approximate surface area is 124 Å². The Kier molecular flexibility index (Phi) is 3.37. The fraction of sp³-hybridized carbons (Fsp3) is 0.538. The zero-order valence-corrected chi connectivity index (χ0v) is 11.9. The molecule has 8 heteroatoms. The number of pyridine rings is 1. The maximum atomic E-state index is 12.9. The van der Waals surface area contributed by atoms with Crippen molar-refractivity contribution in [1.82, 2.24) is 14.6 Å². The molecule has 21 heavy (non-hydrogen) atoms. The highest BCUT2D eigenvalue weighted by Gasteiger charge is 2.38. The minimum absolute atomic E-state index is 0.0565. The standard InChI is InChI=1S/C13H14ClF3N4/c14-9-4-8(13(15,16)17)6-21-10(19-20-11(9)21)5-12(7-18)2-1-3-12/h4,6H,1-3,5,7,18H2. The van der Waals surface area contributed by atoms with Gasteiger partial charge >= 0.3 is 6.18 Å². The Morgan fingerprint density at radius 2 is 2.05 bits per heavy atom. The zero-order valence-electron chi connectivity index (χ0n) is 11.1. The zero-order chi connectivity index (χ0) is 15.3. The molecule has 1 aliphatic rings. The van der Waals surface area contributed by atoms with E-state index in [1.165, 1.54) is 4.40 Å². The van der Waals surface area contributed by atoms with Crippen LogP contribution in [0.1, 0.15) is 30.7 Å². The lowest BCUT2D eigenvalue weighted by atomic mass is 9.66. The third kappa shape index (κ3) is 2.48. The van der Waals surface area contributed by atoms with Gasteiger partial charge in [0.2, 0.25) is 0 Å². The van der Waals surface area contributed by atoms with Gasteiger partial charge in [0.15, 0.2) is 5.65 Å². The molecule has 114 valence electrons. The second-order valence-corrected chi connectivity index (χ2v) is 6.03. The maximum absolute atomic E-state index is 12.9. The molecule has 0 saturated heterocycles. The Morgan fingerprint density at radius 1 is 1.33 bits per heavy atom. The van der Waals surface area contributed by atoms with Crippen LogP contribution in [0.2, 0.25) is 5.02 Å². The first-order chi connectivity index (χ1) is 9.85. The van der Waals surface area contributed by atoms with E-state index in [0.29, 0.717) is 18.8 Å². The van der Waals surface area contributed by atoms with E-state index >= 15 is 0 Å². The quantitative estimate of drug-likeness (QED) is 0.946. The molecular formula is C13H14ClF3N4. The van der Waals surface area contributed by atoms with E-state index in [4.69, 9.17) is 17.3 Å². The van der Waals surface area contributed by atoms with Crippen LogP contribution in [-0.4, -0.2) is 21.1 Å². The van der Waals surface area contributed by atoms with Gasteiger partial charge in [-0.15, -0.1) is 10.2 Å². The minimum Gasteiger partial charge on any atom is -0.330 e. The second-order valence-electron chi connectivity index (χ2n) is 5.62. The van der Waals surface area contributed by atoms with E-state index in [-0.39, 0.29) is 16.1 Å². The average Bonchev–Trinajstić information content (AvgIpc) is 2.76. The first-order valence-corrected chi connectivity index (χ1v) is 7.03. The van der Waals surface area contributed by atoms with Crippen molar-refractivity contribution in [2.75, 3.05) is 6.54 Å². The maximum Gasteiger partial charge on any atom is 0.417 e. The summed E-state index contributed by atoms with van der Waals surface area (Å²) in [7, 11) is 0. The van der Waals surface area contributed by atoms with Crippen LogP contribution in [0.5, 0.6) is 0 Å². The van der Waals surface area contributed by atoms with Gasteiger partial charge in [-0.3, -0.25) is 4.40 Å². The summed E-state index contributed by atoms with van der Waals surface area (Å²) in [5.74, 6) is 0.475. The number of halogens is 4. The van der Waals surface area contributed by atoms with Crippen molar-refractivity contribution in [3.05, 3.63) is 28.7 Å². The van der Waals surface area contributed by atoms with E-state index < -0.39 is 11.7 Å². The Hall–Kier alpha value is -1.34. The monoisotopic (exact) mass is 318 g/mol. The van der Waals surface area contributed by atoms with Crippen LogP contribution in [0.25, 0.3) is 5.65 Å². The van der Waals surface area contributed by atoms with E-state index in [2.05, 4.69) is 10.2 Å². The van der Waals surface area contributed by atoms with Gasteiger partial charge in [-0.05, 0) is 30.9 Å². The van der Waals surface area contributed by atoms with Gasteiger partial charge in [0.1, 0.15) is 5.82 Å². The van der Waals surface area contributed by atoms with Crippen molar-refractivity contribution in [2.45, 2.75) is 31.9 Å². The predicted octanol–water partition coefficient (Wildman–Crippen LogP) is 3.07. The van der Waals surface area contributed by atoms with Gasteiger partial charge in [0, 0.05) is 12.6 Å². The largest absolute Gasteiger partial charge is 0.417 e. The first-order valence-electron chi connectivity index (χ1n) is 6.65. The predicted molar refractivity (Wildman–Crippen MR) is 72.0 cm³/mol. The number of hydrogen-bond acceptors (Lipinski definition) is 3. The van der Waals surface area contributed by atoms with Crippen LogP contribution >= 0.6 is 11.6 Å². The van der Waals surface area contributed by atoms with Crippen molar-refractivity contribution in [1.29, 1.82) is 0 Å². The molecule has 1 aliphatic carbocycles. The summed E-state index contributed by atoms with van der Waals surface area (Å²) in [6.07, 6.45) is 0.0713. The topological polar surface area (TPSA) is 56.2 Å². The highest BCUT2D eigenvalue weighted by Crippen LogP contribution is 2.42. The molecule has 2 aromatic rings. The lowest BCUT2D eigenvalue weighted by Crippen LogP contribution is -2.39. The van der Waals surface area contributed by atoms with Gasteiger partial charge < -0.3 is 5.73 Å². The number of aromatic nitrogens is 3. The molecule has 1 saturated carbocycles. The minimum atomic E-state index is -4.46. The van der Waals surface area contributed by atoms with E-state index in [1.54, 1.807) is 0 Å². The van der Waals surface area contributed by atoms with Crippen LogP contribution in [0, 0.1) is 5.41 Å². The fourth-order valence-corrected chi connectivity index (χ4v) is 2.99. The number of nitrogens with zero attached hydrogens (tertiary/aromatic N) is 3. The van der Waals surface area contributed by atoms with Crippen molar-refractivity contribution >= 4 is 17.2 Å². The smallest absolute Gasteiger partial charge is 0.330 e. The first kappa shape index (κ1) is 14.6. The van der Waals surface area contributed by atoms with E-state index in [1.807, 2.05) is 0 Å². The molecule has 2 aromatic heterocycles. The third-order valence-electron chi connectivity index (χ3n) is 4.24. The fourth-order valence-electron chi connectivity index (χ4n) is 2.74. The summed E-state index contributed by atoms with van der Waals surface area (Å²) in [5.41, 5.74) is 5.16. The normalized spacial score (nSPS) is 18.0. The third-order valence-corrected chi connectivity index (χ3v) is 4.52. The van der Waals surface area contributed by atoms with Gasteiger partial charge in [-0.25, -0.2) is 0 Å². The van der Waals surface area contributed by atoms with Gasteiger partial charge in [-0.1, -0.05) is 18.0 Å². The van der Waals surface area contributed by atoms with Gasteiger partial charge in [0.05, 0.1) is 10.6 Å². The summed E-state index contributed by atoms with van der Waals surface area (Å²) < 4.78 is 40.0. The second kappa shape index (κ2) is 4.84. The van der Waals surface area contributed by atoms with Crippen molar-refractivity contribution in [2.24, 2.45) is 11.1 Å². The van der Waals surface area contributed by atoms with Crippen LogP contribution < -0.4 is 5.73 Å². The number of rotatable bonds is 3. The lowest BCUT2D eigenvalue weighted by molar-refractivity contribution is -0.137. The Morgan fingerprint density at radius 3 is 2.57 bits per heavy atom. The molecule has 0 atom stereocenters. The summed E-state index contributed by atoms with van der Waals surface area (Å²) >= 11 is 5.89. The molecule has 3 rings (SSSR count). The molecular weight excluding hydrogens is 305 g/mol. The van der Waals surface area contributed by atoms with Crippen LogP contribution in [0.3, 0.4) is 0 Å². The van der Waals surface area contributed by atoms with E-state index in [0.717, 1.165) is 31.5 Å². The molecule has 0 unspecified atom stereocenters. The number of nitrogens with two attached hydrogens (primary N) is 1. The van der Waals surface area contributed by atoms with Crippen LogP contribution in [-0.2, 0) is 12.6 Å². The molecule has 0 radical (unpaired) electrons. The molecule has 0 aromatic carbocycles. The summed E-state index contributed by atoms with van der Waals surface area (Å²) in [6.45, 7) is 0.495. The molecule has 1 fully saturated rings.